The maximum absolute atomic E-state index is 14.2. The number of carbonyl (C=O) groups is 2. The van der Waals surface area contributed by atoms with Gasteiger partial charge in [-0.2, -0.15) is 0 Å². The summed E-state index contributed by atoms with van der Waals surface area (Å²) >= 11 is 13.9. The summed E-state index contributed by atoms with van der Waals surface area (Å²) in [5, 5.41) is 0.867. The quantitative estimate of drug-likeness (QED) is 0.160. The van der Waals surface area contributed by atoms with Gasteiger partial charge in [-0.1, -0.05) is 52.7 Å². The van der Waals surface area contributed by atoms with E-state index in [1.54, 1.807) is 69.3 Å². The van der Waals surface area contributed by atoms with Crippen molar-refractivity contribution in [3.05, 3.63) is 112 Å². The standard InChI is InChI=1S/C36H34Cl2N2O9S/c1-6-46-27-17-23(11-12-26(27)48-19-30(41)45-5)32-31(35(43)47-7-2)20(3)39-36-40(32)34(42)29(50-36)16-22-14-25(38)33(28(15-22)44-4)49-18-21-9-8-10-24(37)13-21/h8-17,32H,6-7,18-19H2,1-5H3/b29-16+/t32-/m0/s1. The van der Waals surface area contributed by atoms with E-state index in [0.717, 1.165) is 16.9 Å². The van der Waals surface area contributed by atoms with Crippen molar-refractivity contribution in [1.29, 1.82) is 0 Å². The van der Waals surface area contributed by atoms with Crippen LogP contribution in [0.4, 0.5) is 0 Å². The first kappa shape index (κ1) is 36.5. The van der Waals surface area contributed by atoms with Crippen LogP contribution < -0.4 is 33.8 Å². The molecule has 0 spiro atoms. The maximum atomic E-state index is 14.2. The highest BCUT2D eigenvalue weighted by molar-refractivity contribution is 7.07. The van der Waals surface area contributed by atoms with E-state index in [-0.39, 0.29) is 42.8 Å². The van der Waals surface area contributed by atoms with Crippen molar-refractivity contribution in [3.63, 3.8) is 0 Å². The Morgan fingerprint density at radius 1 is 0.960 bits per heavy atom. The number of hydrogen-bond acceptors (Lipinski definition) is 11. The molecule has 0 unspecified atom stereocenters. The third-order valence-corrected chi connectivity index (χ3v) is 8.99. The van der Waals surface area contributed by atoms with Crippen molar-refractivity contribution in [3.8, 4) is 23.0 Å². The molecule has 4 aromatic rings. The van der Waals surface area contributed by atoms with E-state index >= 15 is 0 Å². The Kier molecular flexibility index (Phi) is 11.9. The van der Waals surface area contributed by atoms with E-state index in [4.69, 9.17) is 46.9 Å². The monoisotopic (exact) mass is 740 g/mol. The molecule has 11 nitrogen and oxygen atoms in total. The number of methoxy groups -OCH3 is 2. The van der Waals surface area contributed by atoms with Crippen molar-refractivity contribution in [1.82, 2.24) is 4.57 Å². The molecule has 0 N–H and O–H groups in total. The number of carbonyl (C=O) groups excluding carboxylic acids is 2. The Morgan fingerprint density at radius 2 is 1.76 bits per heavy atom. The molecule has 1 aliphatic heterocycles. The third-order valence-electron chi connectivity index (χ3n) is 7.50. The molecule has 50 heavy (non-hydrogen) atoms. The number of hydrogen-bond donors (Lipinski definition) is 0. The molecule has 0 radical (unpaired) electrons. The summed E-state index contributed by atoms with van der Waals surface area (Å²) < 4.78 is 34.9. The molecule has 0 aliphatic carbocycles. The Hall–Kier alpha value is -4.78. The van der Waals surface area contributed by atoms with Gasteiger partial charge in [-0.25, -0.2) is 14.6 Å². The Balaban J connectivity index is 1.58. The van der Waals surface area contributed by atoms with E-state index in [0.29, 0.717) is 48.4 Å². The van der Waals surface area contributed by atoms with Crippen LogP contribution in [-0.2, 0) is 25.7 Å². The fourth-order valence-electron chi connectivity index (χ4n) is 5.28. The van der Waals surface area contributed by atoms with Gasteiger partial charge in [-0.05, 0) is 79.9 Å². The van der Waals surface area contributed by atoms with Gasteiger partial charge in [0.2, 0.25) is 0 Å². The number of esters is 2. The minimum absolute atomic E-state index is 0.124. The van der Waals surface area contributed by atoms with Gasteiger partial charge in [0.1, 0.15) is 6.61 Å². The van der Waals surface area contributed by atoms with E-state index in [9.17, 15) is 14.4 Å². The first-order chi connectivity index (χ1) is 24.1. The molecule has 0 amide bonds. The Bertz CT molecular complexity index is 2140. The van der Waals surface area contributed by atoms with E-state index in [1.165, 1.54) is 18.8 Å². The van der Waals surface area contributed by atoms with Crippen LogP contribution in [0, 0.1) is 0 Å². The number of thiazole rings is 1. The van der Waals surface area contributed by atoms with Gasteiger partial charge in [0.05, 0.1) is 54.3 Å². The van der Waals surface area contributed by atoms with Gasteiger partial charge in [0.15, 0.2) is 34.4 Å². The lowest BCUT2D eigenvalue weighted by Crippen LogP contribution is -2.40. The molecule has 0 saturated carbocycles. The highest BCUT2D eigenvalue weighted by Crippen LogP contribution is 2.38. The number of nitrogens with zero attached hydrogens (tertiary/aromatic N) is 2. The van der Waals surface area contributed by atoms with Crippen LogP contribution in [0.15, 0.2) is 75.7 Å². The maximum Gasteiger partial charge on any atom is 0.343 e. The van der Waals surface area contributed by atoms with Crippen molar-refractivity contribution < 1.29 is 38.0 Å². The molecule has 0 fully saturated rings. The molecule has 0 bridgehead atoms. The fraction of sp³-hybridized carbons (Fsp3) is 0.278. The van der Waals surface area contributed by atoms with Crippen molar-refractivity contribution in [2.45, 2.75) is 33.4 Å². The summed E-state index contributed by atoms with van der Waals surface area (Å²) in [6.45, 7) is 5.48. The number of allylic oxidation sites excluding steroid dienone is 1. The first-order valence-electron chi connectivity index (χ1n) is 15.5. The second-order valence-electron chi connectivity index (χ2n) is 10.8. The van der Waals surface area contributed by atoms with Crippen molar-refractivity contribution in [2.24, 2.45) is 4.99 Å². The fourth-order valence-corrected chi connectivity index (χ4v) is 6.81. The normalized spacial score (nSPS) is 14.1. The zero-order valence-electron chi connectivity index (χ0n) is 27.9. The van der Waals surface area contributed by atoms with E-state index in [2.05, 4.69) is 9.73 Å². The summed E-state index contributed by atoms with van der Waals surface area (Å²) in [5.41, 5.74) is 2.17. The second-order valence-corrected chi connectivity index (χ2v) is 12.6. The van der Waals surface area contributed by atoms with Crippen LogP contribution in [0.25, 0.3) is 6.08 Å². The minimum Gasteiger partial charge on any atom is -0.493 e. The van der Waals surface area contributed by atoms with Crippen LogP contribution in [-0.4, -0.2) is 50.5 Å². The molecule has 5 rings (SSSR count). The summed E-state index contributed by atoms with van der Waals surface area (Å²) in [4.78, 5) is 44.4. The van der Waals surface area contributed by atoms with E-state index in [1.807, 2.05) is 12.1 Å². The molecule has 1 aliphatic rings. The van der Waals surface area contributed by atoms with Gasteiger partial charge in [0, 0.05) is 5.02 Å². The molecule has 3 aromatic carbocycles. The smallest absolute Gasteiger partial charge is 0.343 e. The molecule has 262 valence electrons. The molecular formula is C36H34Cl2N2O9S. The molecule has 1 aromatic heterocycles. The van der Waals surface area contributed by atoms with Gasteiger partial charge in [-0.15, -0.1) is 0 Å². The predicted octanol–water partition coefficient (Wildman–Crippen LogP) is 5.64. The average molecular weight is 742 g/mol. The number of fused-ring (bicyclic) bond motifs is 1. The van der Waals surface area contributed by atoms with Gasteiger partial charge >= 0.3 is 11.9 Å². The van der Waals surface area contributed by atoms with Gasteiger partial charge < -0.3 is 28.4 Å². The van der Waals surface area contributed by atoms with Crippen LogP contribution in [0.5, 0.6) is 23.0 Å². The van der Waals surface area contributed by atoms with Crippen LogP contribution in [0.3, 0.4) is 0 Å². The minimum atomic E-state index is -0.915. The largest absolute Gasteiger partial charge is 0.493 e. The van der Waals surface area contributed by atoms with Crippen molar-refractivity contribution >= 4 is 52.6 Å². The van der Waals surface area contributed by atoms with E-state index < -0.39 is 23.5 Å². The number of ether oxygens (including phenoxy) is 6. The molecule has 2 heterocycles. The second kappa shape index (κ2) is 16.3. The Morgan fingerprint density at radius 3 is 2.46 bits per heavy atom. The average Bonchev–Trinajstić information content (AvgIpc) is 3.39. The number of aromatic nitrogens is 1. The lowest BCUT2D eigenvalue weighted by atomic mass is 9.95. The highest BCUT2D eigenvalue weighted by atomic mass is 35.5. The topological polar surface area (TPSA) is 124 Å². The molecule has 14 heteroatoms. The third kappa shape index (κ3) is 7.99. The summed E-state index contributed by atoms with van der Waals surface area (Å²) in [7, 11) is 2.76. The number of benzene rings is 3. The SMILES string of the molecule is CCOC(=O)C1=C(C)N=c2s/c(=C/c3cc(Cl)c(OCc4cccc(Cl)c4)c(OC)c3)c(=O)n2[C@H]1c1ccc(OCC(=O)OC)c(OCC)c1. The van der Waals surface area contributed by atoms with Gasteiger partial charge in [-0.3, -0.25) is 9.36 Å². The van der Waals surface area contributed by atoms with Crippen LogP contribution >= 0.6 is 34.5 Å². The number of halogens is 2. The highest BCUT2D eigenvalue weighted by Gasteiger charge is 2.34. The van der Waals surface area contributed by atoms with Gasteiger partial charge in [0.25, 0.3) is 5.56 Å². The summed E-state index contributed by atoms with van der Waals surface area (Å²) in [6.07, 6.45) is 1.68. The predicted molar refractivity (Wildman–Crippen MR) is 189 cm³/mol. The van der Waals surface area contributed by atoms with Crippen LogP contribution in [0.2, 0.25) is 10.0 Å². The van der Waals surface area contributed by atoms with Crippen molar-refractivity contribution in [2.75, 3.05) is 34.0 Å². The molecular weight excluding hydrogens is 707 g/mol. The zero-order valence-corrected chi connectivity index (χ0v) is 30.2. The first-order valence-corrected chi connectivity index (χ1v) is 17.1. The lowest BCUT2D eigenvalue weighted by molar-refractivity contribution is -0.143. The summed E-state index contributed by atoms with van der Waals surface area (Å²) in [6, 6.07) is 14.7. The van der Waals surface area contributed by atoms with Crippen LogP contribution in [0.1, 0.15) is 43.5 Å². The molecule has 1 atom stereocenters. The lowest BCUT2D eigenvalue weighted by Gasteiger charge is -2.25. The molecule has 0 saturated heterocycles. The summed E-state index contributed by atoms with van der Waals surface area (Å²) in [5.74, 6) is 0.139. The zero-order chi connectivity index (χ0) is 35.9. The number of rotatable bonds is 13. The Labute approximate surface area is 301 Å².